The Kier molecular flexibility index (Phi) is 3.56. The van der Waals surface area contributed by atoms with Crippen molar-refractivity contribution in [1.29, 1.82) is 0 Å². The number of methoxy groups -OCH3 is 1. The number of aryl methyl sites for hydroxylation is 2. The van der Waals surface area contributed by atoms with E-state index in [2.05, 4.69) is 0 Å². The van der Waals surface area contributed by atoms with Gasteiger partial charge in [0.15, 0.2) is 0 Å². The smallest absolute Gasteiger partial charge is 0.336 e. The lowest BCUT2D eigenvalue weighted by molar-refractivity contribution is 0.0697. The summed E-state index contributed by atoms with van der Waals surface area (Å²) in [5.74, 6) is -0.240. The van der Waals surface area contributed by atoms with Crippen molar-refractivity contribution in [3.8, 4) is 16.9 Å². The minimum Gasteiger partial charge on any atom is -0.496 e. The molecule has 3 heteroatoms. The molecule has 0 saturated heterocycles. The Morgan fingerprint density at radius 1 is 1.11 bits per heavy atom. The number of ether oxygens (including phenoxy) is 1. The number of carboxylic acid groups (broad SMARTS) is 1. The first-order valence-electron chi connectivity index (χ1n) is 6.02. The van der Waals surface area contributed by atoms with Gasteiger partial charge in [0, 0.05) is 11.1 Å². The highest BCUT2D eigenvalue weighted by molar-refractivity contribution is 5.98. The van der Waals surface area contributed by atoms with E-state index < -0.39 is 5.97 Å². The summed E-state index contributed by atoms with van der Waals surface area (Å²) < 4.78 is 5.34. The maximum atomic E-state index is 11.5. The van der Waals surface area contributed by atoms with Crippen LogP contribution in [0.4, 0.5) is 0 Å². The first-order chi connectivity index (χ1) is 9.04. The fourth-order valence-corrected chi connectivity index (χ4v) is 2.21. The zero-order chi connectivity index (χ0) is 14.0. The van der Waals surface area contributed by atoms with Gasteiger partial charge in [0.25, 0.3) is 0 Å². The van der Waals surface area contributed by atoms with Crippen LogP contribution in [-0.2, 0) is 0 Å². The third-order valence-corrected chi connectivity index (χ3v) is 3.13. The molecule has 2 aromatic rings. The molecule has 0 spiro atoms. The maximum Gasteiger partial charge on any atom is 0.336 e. The molecule has 98 valence electrons. The van der Waals surface area contributed by atoms with Crippen LogP contribution in [-0.4, -0.2) is 18.2 Å². The average molecular weight is 256 g/mol. The maximum absolute atomic E-state index is 11.5. The minimum atomic E-state index is -0.920. The molecule has 0 unspecified atom stereocenters. The van der Waals surface area contributed by atoms with Crippen LogP contribution >= 0.6 is 0 Å². The van der Waals surface area contributed by atoms with Crippen LogP contribution in [0, 0.1) is 13.8 Å². The molecule has 0 amide bonds. The van der Waals surface area contributed by atoms with Gasteiger partial charge in [-0.15, -0.1) is 0 Å². The molecular weight excluding hydrogens is 240 g/mol. The van der Waals surface area contributed by atoms with E-state index in [4.69, 9.17) is 4.74 Å². The second kappa shape index (κ2) is 5.14. The predicted molar refractivity (Wildman–Crippen MR) is 74.9 cm³/mol. The summed E-state index contributed by atoms with van der Waals surface area (Å²) in [6.07, 6.45) is 0. The van der Waals surface area contributed by atoms with Crippen molar-refractivity contribution in [3.63, 3.8) is 0 Å². The summed E-state index contributed by atoms with van der Waals surface area (Å²) in [5.41, 5.74) is 3.63. The summed E-state index contributed by atoms with van der Waals surface area (Å²) >= 11 is 0. The molecule has 0 aliphatic rings. The monoisotopic (exact) mass is 256 g/mol. The molecule has 0 bridgehead atoms. The van der Waals surface area contributed by atoms with E-state index in [-0.39, 0.29) is 0 Å². The average Bonchev–Trinajstić information content (AvgIpc) is 2.37. The SMILES string of the molecule is COc1ccc(C)cc1-c1cccc(C)c1C(=O)O. The van der Waals surface area contributed by atoms with E-state index in [0.29, 0.717) is 16.9 Å². The van der Waals surface area contributed by atoms with E-state index in [1.54, 1.807) is 20.1 Å². The van der Waals surface area contributed by atoms with Gasteiger partial charge in [-0.2, -0.15) is 0 Å². The molecular formula is C16H16O3. The predicted octanol–water partition coefficient (Wildman–Crippen LogP) is 3.68. The Hall–Kier alpha value is -2.29. The summed E-state index contributed by atoms with van der Waals surface area (Å²) in [4.78, 5) is 11.5. The standard InChI is InChI=1S/C16H16O3/c1-10-7-8-14(19-3)13(9-10)12-6-4-5-11(2)15(12)16(17)18/h4-9H,1-3H3,(H,17,18). The first-order valence-corrected chi connectivity index (χ1v) is 6.02. The summed E-state index contributed by atoms with van der Waals surface area (Å²) in [6.45, 7) is 3.77. The molecule has 1 N–H and O–H groups in total. The van der Waals surface area contributed by atoms with Crippen molar-refractivity contribution in [1.82, 2.24) is 0 Å². The Bertz CT molecular complexity index is 630. The van der Waals surface area contributed by atoms with Gasteiger partial charge in [0.2, 0.25) is 0 Å². The number of hydrogen-bond acceptors (Lipinski definition) is 2. The third kappa shape index (κ3) is 2.45. The van der Waals surface area contributed by atoms with E-state index in [1.807, 2.05) is 37.3 Å². The van der Waals surface area contributed by atoms with E-state index in [1.165, 1.54) is 0 Å². The molecule has 0 aliphatic heterocycles. The highest BCUT2D eigenvalue weighted by Gasteiger charge is 2.17. The van der Waals surface area contributed by atoms with E-state index in [0.717, 1.165) is 16.7 Å². The molecule has 2 aromatic carbocycles. The number of benzene rings is 2. The lowest BCUT2D eigenvalue weighted by Gasteiger charge is -2.13. The van der Waals surface area contributed by atoms with Gasteiger partial charge in [-0.05, 0) is 31.5 Å². The topological polar surface area (TPSA) is 46.5 Å². The highest BCUT2D eigenvalue weighted by atomic mass is 16.5. The number of aromatic carboxylic acids is 1. The van der Waals surface area contributed by atoms with Gasteiger partial charge in [0.05, 0.1) is 12.7 Å². The van der Waals surface area contributed by atoms with Crippen molar-refractivity contribution in [3.05, 3.63) is 53.1 Å². The van der Waals surface area contributed by atoms with E-state index in [9.17, 15) is 9.90 Å². The zero-order valence-corrected chi connectivity index (χ0v) is 11.2. The molecule has 3 nitrogen and oxygen atoms in total. The fraction of sp³-hybridized carbons (Fsp3) is 0.188. The normalized spacial score (nSPS) is 10.3. The van der Waals surface area contributed by atoms with Crippen LogP contribution < -0.4 is 4.74 Å². The van der Waals surface area contributed by atoms with Crippen LogP contribution in [0.1, 0.15) is 21.5 Å². The van der Waals surface area contributed by atoms with Gasteiger partial charge in [-0.1, -0.05) is 29.8 Å². The molecule has 0 atom stereocenters. The number of rotatable bonds is 3. The third-order valence-electron chi connectivity index (χ3n) is 3.13. The lowest BCUT2D eigenvalue weighted by atomic mass is 9.94. The van der Waals surface area contributed by atoms with Crippen molar-refractivity contribution >= 4 is 5.97 Å². The van der Waals surface area contributed by atoms with Gasteiger partial charge in [0.1, 0.15) is 5.75 Å². The van der Waals surface area contributed by atoms with Crippen molar-refractivity contribution in [2.75, 3.05) is 7.11 Å². The van der Waals surface area contributed by atoms with Crippen molar-refractivity contribution in [2.24, 2.45) is 0 Å². The molecule has 0 aliphatic carbocycles. The van der Waals surface area contributed by atoms with Crippen molar-refractivity contribution in [2.45, 2.75) is 13.8 Å². The van der Waals surface area contributed by atoms with Crippen LogP contribution in [0.15, 0.2) is 36.4 Å². The van der Waals surface area contributed by atoms with E-state index >= 15 is 0 Å². The summed E-state index contributed by atoms with van der Waals surface area (Å²) in [5, 5.41) is 9.40. The number of hydrogen-bond donors (Lipinski definition) is 1. The second-order valence-corrected chi connectivity index (χ2v) is 4.51. The largest absolute Gasteiger partial charge is 0.496 e. The van der Waals surface area contributed by atoms with Gasteiger partial charge in [-0.25, -0.2) is 4.79 Å². The molecule has 0 heterocycles. The summed E-state index contributed by atoms with van der Waals surface area (Å²) in [7, 11) is 1.59. The molecule has 2 rings (SSSR count). The molecule has 0 fully saturated rings. The summed E-state index contributed by atoms with van der Waals surface area (Å²) in [6, 6.07) is 11.2. The van der Waals surface area contributed by atoms with Gasteiger partial charge >= 0.3 is 5.97 Å². The Balaban J connectivity index is 2.75. The minimum absolute atomic E-state index is 0.325. The molecule has 0 saturated carbocycles. The first kappa shape index (κ1) is 13.1. The Morgan fingerprint density at radius 2 is 1.84 bits per heavy atom. The molecule has 19 heavy (non-hydrogen) atoms. The van der Waals surface area contributed by atoms with Crippen LogP contribution in [0.3, 0.4) is 0 Å². The van der Waals surface area contributed by atoms with Crippen molar-refractivity contribution < 1.29 is 14.6 Å². The number of carboxylic acids is 1. The fourth-order valence-electron chi connectivity index (χ4n) is 2.21. The van der Waals surface area contributed by atoms with Gasteiger partial charge < -0.3 is 9.84 Å². The quantitative estimate of drug-likeness (QED) is 0.911. The van der Waals surface area contributed by atoms with Gasteiger partial charge in [-0.3, -0.25) is 0 Å². The van der Waals surface area contributed by atoms with Crippen LogP contribution in [0.5, 0.6) is 5.75 Å². The number of carbonyl (C=O) groups is 1. The Labute approximate surface area is 112 Å². The second-order valence-electron chi connectivity index (χ2n) is 4.51. The highest BCUT2D eigenvalue weighted by Crippen LogP contribution is 2.34. The lowest BCUT2D eigenvalue weighted by Crippen LogP contribution is -2.03. The van der Waals surface area contributed by atoms with Crippen LogP contribution in [0.25, 0.3) is 11.1 Å². The molecule has 0 radical (unpaired) electrons. The van der Waals surface area contributed by atoms with Crippen LogP contribution in [0.2, 0.25) is 0 Å². The Morgan fingerprint density at radius 3 is 2.47 bits per heavy atom. The zero-order valence-electron chi connectivity index (χ0n) is 11.2. The molecule has 0 aromatic heterocycles.